The summed E-state index contributed by atoms with van der Waals surface area (Å²) < 4.78 is 9.99. The zero-order chi connectivity index (χ0) is 14.0. The van der Waals surface area contributed by atoms with E-state index in [0.717, 1.165) is 12.0 Å². The summed E-state index contributed by atoms with van der Waals surface area (Å²) in [7, 11) is 2.89. The van der Waals surface area contributed by atoms with Crippen molar-refractivity contribution in [2.24, 2.45) is 5.41 Å². The molecule has 0 fully saturated rings. The number of benzene rings is 1. The minimum atomic E-state index is -1.04. The molecular formula is C15H18O4. The van der Waals surface area contributed by atoms with Gasteiger partial charge in [0.2, 0.25) is 0 Å². The Bertz CT molecular complexity index is 521. The minimum Gasteiger partial charge on any atom is -0.497 e. The molecule has 0 saturated heterocycles. The Balaban J connectivity index is 2.47. The molecule has 0 aliphatic heterocycles. The Kier molecular flexibility index (Phi) is 3.60. The highest BCUT2D eigenvalue weighted by atomic mass is 16.5. The predicted molar refractivity (Wildman–Crippen MR) is 70.4 cm³/mol. The number of hydrogen-bond donors (Lipinski definition) is 0. The fourth-order valence-electron chi connectivity index (χ4n) is 2.80. The number of ketones is 1. The Morgan fingerprint density at radius 3 is 2.68 bits per heavy atom. The molecule has 0 heterocycles. The van der Waals surface area contributed by atoms with Crippen LogP contribution in [0.2, 0.25) is 0 Å². The molecule has 1 aromatic rings. The summed E-state index contributed by atoms with van der Waals surface area (Å²) in [5, 5.41) is 0. The van der Waals surface area contributed by atoms with Gasteiger partial charge in [-0.15, -0.1) is 0 Å². The molecule has 1 aliphatic rings. The topological polar surface area (TPSA) is 52.6 Å². The van der Waals surface area contributed by atoms with Crippen molar-refractivity contribution in [1.82, 2.24) is 0 Å². The van der Waals surface area contributed by atoms with Gasteiger partial charge in [0.15, 0.2) is 5.78 Å². The van der Waals surface area contributed by atoms with E-state index in [9.17, 15) is 9.59 Å². The van der Waals surface area contributed by atoms with Gasteiger partial charge in [-0.3, -0.25) is 9.59 Å². The number of ether oxygens (including phenoxy) is 2. The quantitative estimate of drug-likeness (QED) is 0.617. The molecule has 0 aromatic heterocycles. The van der Waals surface area contributed by atoms with Crippen LogP contribution < -0.4 is 4.74 Å². The van der Waals surface area contributed by atoms with Crippen LogP contribution in [0, 0.1) is 5.41 Å². The van der Waals surface area contributed by atoms with Gasteiger partial charge in [-0.1, -0.05) is 19.4 Å². The molecule has 0 amide bonds. The maximum Gasteiger partial charge on any atom is 0.320 e. The molecule has 0 bridgehead atoms. The Hall–Kier alpha value is -1.84. The highest BCUT2D eigenvalue weighted by Gasteiger charge is 2.51. The first-order valence-electron chi connectivity index (χ1n) is 6.39. The highest BCUT2D eigenvalue weighted by Crippen LogP contribution is 2.42. The first-order valence-corrected chi connectivity index (χ1v) is 6.39. The highest BCUT2D eigenvalue weighted by molar-refractivity contribution is 6.16. The van der Waals surface area contributed by atoms with E-state index in [1.807, 2.05) is 19.1 Å². The second-order valence-electron chi connectivity index (χ2n) is 4.85. The van der Waals surface area contributed by atoms with Crippen molar-refractivity contribution in [3.63, 3.8) is 0 Å². The van der Waals surface area contributed by atoms with Crippen molar-refractivity contribution in [2.75, 3.05) is 14.2 Å². The number of carbonyl (C=O) groups is 2. The number of carbonyl (C=O) groups excluding carboxylic acids is 2. The zero-order valence-corrected chi connectivity index (χ0v) is 11.5. The van der Waals surface area contributed by atoms with Crippen LogP contribution in [-0.2, 0) is 16.0 Å². The smallest absolute Gasteiger partial charge is 0.320 e. The Morgan fingerprint density at radius 1 is 1.37 bits per heavy atom. The third-order valence-corrected chi connectivity index (χ3v) is 3.74. The molecule has 1 atom stereocenters. The first kappa shape index (κ1) is 13.6. The van der Waals surface area contributed by atoms with Gasteiger partial charge in [-0.25, -0.2) is 0 Å². The van der Waals surface area contributed by atoms with Crippen molar-refractivity contribution in [1.29, 1.82) is 0 Å². The van der Waals surface area contributed by atoms with E-state index in [2.05, 4.69) is 0 Å². The number of hydrogen-bond acceptors (Lipinski definition) is 4. The fraction of sp³-hybridized carbons (Fsp3) is 0.467. The third-order valence-electron chi connectivity index (χ3n) is 3.74. The van der Waals surface area contributed by atoms with Crippen LogP contribution in [0.1, 0.15) is 35.7 Å². The predicted octanol–water partition coefficient (Wildman–Crippen LogP) is 2.39. The summed E-state index contributed by atoms with van der Waals surface area (Å²) in [5.41, 5.74) is 0.431. The van der Waals surface area contributed by atoms with Crippen LogP contribution in [0.4, 0.5) is 0 Å². The number of Topliss-reactive ketones (excluding diaryl/α,β-unsaturated/α-hetero) is 1. The van der Waals surface area contributed by atoms with Crippen molar-refractivity contribution < 1.29 is 19.1 Å². The van der Waals surface area contributed by atoms with Gasteiger partial charge in [-0.2, -0.15) is 0 Å². The average molecular weight is 262 g/mol. The van der Waals surface area contributed by atoms with E-state index in [1.165, 1.54) is 7.11 Å². The molecule has 1 aromatic carbocycles. The van der Waals surface area contributed by atoms with Gasteiger partial charge in [-0.05, 0) is 30.5 Å². The van der Waals surface area contributed by atoms with E-state index in [-0.39, 0.29) is 5.78 Å². The second kappa shape index (κ2) is 5.03. The lowest BCUT2D eigenvalue weighted by Crippen LogP contribution is -2.38. The maximum absolute atomic E-state index is 12.6. The van der Waals surface area contributed by atoms with Crippen molar-refractivity contribution >= 4 is 11.8 Å². The lowest BCUT2D eigenvalue weighted by Gasteiger charge is -2.23. The molecule has 0 unspecified atom stereocenters. The number of rotatable bonds is 4. The van der Waals surface area contributed by atoms with Crippen molar-refractivity contribution in [2.45, 2.75) is 26.2 Å². The summed E-state index contributed by atoms with van der Waals surface area (Å²) >= 11 is 0. The van der Waals surface area contributed by atoms with Gasteiger partial charge >= 0.3 is 5.97 Å². The molecule has 1 aliphatic carbocycles. The van der Waals surface area contributed by atoms with Crippen LogP contribution in [-0.4, -0.2) is 26.0 Å². The number of fused-ring (bicyclic) bond motifs is 1. The van der Waals surface area contributed by atoms with Gasteiger partial charge in [0.1, 0.15) is 11.2 Å². The van der Waals surface area contributed by atoms with E-state index in [4.69, 9.17) is 9.47 Å². The van der Waals surface area contributed by atoms with Crippen LogP contribution in [0.3, 0.4) is 0 Å². The standard InChI is InChI=1S/C15H18O4/c1-4-7-15(14(17)19-3)9-10-5-6-11(18-2)8-12(10)13(15)16/h5-6,8H,4,7,9H2,1-3H3/t15-/m1/s1. The van der Waals surface area contributed by atoms with Crippen LogP contribution in [0.5, 0.6) is 5.75 Å². The van der Waals surface area contributed by atoms with E-state index < -0.39 is 11.4 Å². The van der Waals surface area contributed by atoms with Crippen LogP contribution >= 0.6 is 0 Å². The molecule has 0 saturated carbocycles. The molecule has 4 nitrogen and oxygen atoms in total. The summed E-state index contributed by atoms with van der Waals surface area (Å²) in [5.74, 6) is 0.0499. The summed E-state index contributed by atoms with van der Waals surface area (Å²) in [6, 6.07) is 5.37. The Labute approximate surface area is 112 Å². The third kappa shape index (κ3) is 2.01. The SMILES string of the molecule is CCC[C@@]1(C(=O)OC)Cc2ccc(OC)cc2C1=O. The molecule has 102 valence electrons. The molecule has 0 N–H and O–H groups in total. The lowest BCUT2D eigenvalue weighted by molar-refractivity contribution is -0.149. The molecule has 4 heteroatoms. The van der Waals surface area contributed by atoms with Gasteiger partial charge in [0.05, 0.1) is 14.2 Å². The van der Waals surface area contributed by atoms with Gasteiger partial charge in [0.25, 0.3) is 0 Å². The summed E-state index contributed by atoms with van der Waals surface area (Å²) in [6.45, 7) is 1.96. The van der Waals surface area contributed by atoms with Crippen molar-refractivity contribution in [3.05, 3.63) is 29.3 Å². The minimum absolute atomic E-state index is 0.143. The largest absolute Gasteiger partial charge is 0.497 e. The van der Waals surface area contributed by atoms with E-state index >= 15 is 0 Å². The summed E-state index contributed by atoms with van der Waals surface area (Å²) in [6.07, 6.45) is 1.69. The molecule has 0 spiro atoms. The molecule has 19 heavy (non-hydrogen) atoms. The van der Waals surface area contributed by atoms with Crippen molar-refractivity contribution in [3.8, 4) is 5.75 Å². The second-order valence-corrected chi connectivity index (χ2v) is 4.85. The first-order chi connectivity index (χ1) is 9.08. The normalized spacial score (nSPS) is 21.1. The average Bonchev–Trinajstić information content (AvgIpc) is 2.72. The van der Waals surface area contributed by atoms with Crippen LogP contribution in [0.15, 0.2) is 18.2 Å². The number of methoxy groups -OCH3 is 2. The number of esters is 1. The lowest BCUT2D eigenvalue weighted by atomic mass is 9.79. The van der Waals surface area contributed by atoms with Gasteiger partial charge < -0.3 is 9.47 Å². The van der Waals surface area contributed by atoms with Crippen LogP contribution in [0.25, 0.3) is 0 Å². The molecular weight excluding hydrogens is 244 g/mol. The fourth-order valence-corrected chi connectivity index (χ4v) is 2.80. The molecule has 2 rings (SSSR count). The van der Waals surface area contributed by atoms with E-state index in [1.54, 1.807) is 13.2 Å². The maximum atomic E-state index is 12.6. The van der Waals surface area contributed by atoms with Gasteiger partial charge in [0, 0.05) is 5.56 Å². The zero-order valence-electron chi connectivity index (χ0n) is 11.5. The monoisotopic (exact) mass is 262 g/mol. The van der Waals surface area contributed by atoms with E-state index in [0.29, 0.717) is 24.2 Å². The Morgan fingerprint density at radius 2 is 2.11 bits per heavy atom. The summed E-state index contributed by atoms with van der Waals surface area (Å²) in [4.78, 5) is 24.7. The molecule has 0 radical (unpaired) electrons.